The summed E-state index contributed by atoms with van der Waals surface area (Å²) in [5.41, 5.74) is 1.15. The van der Waals surface area contributed by atoms with Crippen molar-refractivity contribution in [3.05, 3.63) is 35.9 Å². The van der Waals surface area contributed by atoms with Crippen LogP contribution in [0.1, 0.15) is 12.5 Å². The molecule has 0 aliphatic carbocycles. The molecule has 0 aliphatic rings. The second-order valence-corrected chi connectivity index (χ2v) is 4.10. The normalized spacial score (nSPS) is 10.4. The second-order valence-electron chi connectivity index (χ2n) is 4.10. The largest absolute Gasteiger partial charge is 0.463 e. The Hall–Kier alpha value is -1.43. The van der Waals surface area contributed by atoms with Crippen molar-refractivity contribution in [2.75, 3.05) is 39.6 Å². The van der Waals surface area contributed by atoms with Crippen LogP contribution in [-0.2, 0) is 30.3 Å². The van der Waals surface area contributed by atoms with Crippen LogP contribution in [0.2, 0.25) is 0 Å². The van der Waals surface area contributed by atoms with Crippen molar-refractivity contribution in [1.82, 2.24) is 0 Å². The van der Waals surface area contributed by atoms with Gasteiger partial charge in [0.1, 0.15) is 6.61 Å². The van der Waals surface area contributed by atoms with E-state index in [9.17, 15) is 4.79 Å². The summed E-state index contributed by atoms with van der Waals surface area (Å²) < 4.78 is 20.7. The van der Waals surface area contributed by atoms with Crippen molar-refractivity contribution in [2.45, 2.75) is 13.5 Å². The standard InChI is InChI=1S/C15H22O5/c1-14(16)20-12-11-18-8-7-17-9-10-19-13-15-5-3-2-4-6-15/h2-6H,7-13H2,1H3. The minimum Gasteiger partial charge on any atom is -0.463 e. The van der Waals surface area contributed by atoms with Gasteiger partial charge in [0.2, 0.25) is 0 Å². The maximum Gasteiger partial charge on any atom is 0.302 e. The third kappa shape index (κ3) is 9.49. The molecule has 1 aromatic carbocycles. The van der Waals surface area contributed by atoms with Crippen molar-refractivity contribution >= 4 is 5.97 Å². The van der Waals surface area contributed by atoms with Crippen LogP contribution in [0.4, 0.5) is 0 Å². The first-order valence-corrected chi connectivity index (χ1v) is 6.69. The maximum absolute atomic E-state index is 10.5. The van der Waals surface area contributed by atoms with E-state index in [0.29, 0.717) is 39.6 Å². The number of hydrogen-bond donors (Lipinski definition) is 0. The van der Waals surface area contributed by atoms with Gasteiger partial charge in [-0.05, 0) is 5.56 Å². The zero-order valence-corrected chi connectivity index (χ0v) is 11.9. The third-order valence-electron chi connectivity index (χ3n) is 2.39. The molecule has 0 radical (unpaired) electrons. The van der Waals surface area contributed by atoms with E-state index in [1.54, 1.807) is 0 Å². The van der Waals surface area contributed by atoms with Crippen LogP contribution >= 0.6 is 0 Å². The fraction of sp³-hybridized carbons (Fsp3) is 0.533. The number of ether oxygens (including phenoxy) is 4. The van der Waals surface area contributed by atoms with Gasteiger partial charge in [0.15, 0.2) is 0 Å². The van der Waals surface area contributed by atoms with Crippen molar-refractivity contribution in [2.24, 2.45) is 0 Å². The number of rotatable bonds is 11. The van der Waals surface area contributed by atoms with Crippen molar-refractivity contribution < 1.29 is 23.7 Å². The average molecular weight is 282 g/mol. The Morgan fingerprint density at radius 2 is 1.40 bits per heavy atom. The molecule has 0 saturated carbocycles. The molecule has 0 atom stereocenters. The van der Waals surface area contributed by atoms with Gasteiger partial charge in [-0.25, -0.2) is 0 Å². The Morgan fingerprint density at radius 1 is 0.850 bits per heavy atom. The fourth-order valence-electron chi connectivity index (χ4n) is 1.45. The van der Waals surface area contributed by atoms with E-state index in [2.05, 4.69) is 0 Å². The fourth-order valence-corrected chi connectivity index (χ4v) is 1.45. The molecule has 0 saturated heterocycles. The lowest BCUT2D eigenvalue weighted by Crippen LogP contribution is -2.12. The van der Waals surface area contributed by atoms with Gasteiger partial charge in [0, 0.05) is 6.92 Å². The summed E-state index contributed by atoms with van der Waals surface area (Å²) in [5, 5.41) is 0. The minimum absolute atomic E-state index is 0.287. The molecule has 0 bridgehead atoms. The Kier molecular flexibility index (Phi) is 9.48. The molecular weight excluding hydrogens is 260 g/mol. The van der Waals surface area contributed by atoms with Crippen LogP contribution in [0, 0.1) is 0 Å². The Morgan fingerprint density at radius 3 is 2.00 bits per heavy atom. The topological polar surface area (TPSA) is 54.0 Å². The molecular formula is C15H22O5. The summed E-state index contributed by atoms with van der Waals surface area (Å²) >= 11 is 0. The highest BCUT2D eigenvalue weighted by molar-refractivity contribution is 5.65. The third-order valence-corrected chi connectivity index (χ3v) is 2.39. The number of carbonyl (C=O) groups is 1. The molecule has 5 heteroatoms. The number of esters is 1. The van der Waals surface area contributed by atoms with Gasteiger partial charge in [-0.15, -0.1) is 0 Å². The number of hydrogen-bond acceptors (Lipinski definition) is 5. The molecule has 0 heterocycles. The van der Waals surface area contributed by atoms with Crippen LogP contribution in [0.3, 0.4) is 0 Å². The molecule has 0 fully saturated rings. The van der Waals surface area contributed by atoms with E-state index < -0.39 is 0 Å². The first-order chi connectivity index (χ1) is 9.79. The lowest BCUT2D eigenvalue weighted by molar-refractivity contribution is -0.142. The maximum atomic E-state index is 10.5. The lowest BCUT2D eigenvalue weighted by atomic mass is 10.2. The van der Waals surface area contributed by atoms with Crippen molar-refractivity contribution in [3.63, 3.8) is 0 Å². The summed E-state index contributed by atoms with van der Waals surface area (Å²) in [4.78, 5) is 10.5. The molecule has 1 rings (SSSR count). The average Bonchev–Trinajstić information content (AvgIpc) is 2.45. The molecule has 112 valence electrons. The first-order valence-electron chi connectivity index (χ1n) is 6.69. The van der Waals surface area contributed by atoms with Gasteiger partial charge >= 0.3 is 5.97 Å². The predicted octanol–water partition coefficient (Wildman–Crippen LogP) is 1.80. The first kappa shape index (κ1) is 16.6. The monoisotopic (exact) mass is 282 g/mol. The molecule has 0 N–H and O–H groups in total. The zero-order chi connectivity index (χ0) is 14.5. The van der Waals surface area contributed by atoms with Crippen LogP contribution in [0.25, 0.3) is 0 Å². The smallest absolute Gasteiger partial charge is 0.302 e. The van der Waals surface area contributed by atoms with Gasteiger partial charge in [0.25, 0.3) is 0 Å². The SMILES string of the molecule is CC(=O)OCCOCCOCCOCc1ccccc1. The Bertz CT molecular complexity index is 353. The number of benzene rings is 1. The highest BCUT2D eigenvalue weighted by Gasteiger charge is 1.94. The molecule has 20 heavy (non-hydrogen) atoms. The van der Waals surface area contributed by atoms with Gasteiger partial charge in [-0.2, -0.15) is 0 Å². The highest BCUT2D eigenvalue weighted by Crippen LogP contribution is 1.99. The molecule has 0 amide bonds. The zero-order valence-electron chi connectivity index (χ0n) is 11.9. The number of carbonyl (C=O) groups excluding carboxylic acids is 1. The van der Waals surface area contributed by atoms with Gasteiger partial charge in [-0.3, -0.25) is 4.79 Å². The Balaban J connectivity index is 1.80. The molecule has 0 aromatic heterocycles. The predicted molar refractivity (Wildman–Crippen MR) is 74.4 cm³/mol. The van der Waals surface area contributed by atoms with Crippen LogP contribution in [-0.4, -0.2) is 45.6 Å². The van der Waals surface area contributed by atoms with E-state index in [1.807, 2.05) is 30.3 Å². The summed E-state index contributed by atoms with van der Waals surface area (Å²) in [6.45, 7) is 4.75. The molecule has 0 unspecified atom stereocenters. The van der Waals surface area contributed by atoms with Gasteiger partial charge in [0.05, 0.1) is 39.6 Å². The molecule has 5 nitrogen and oxygen atoms in total. The van der Waals surface area contributed by atoms with E-state index in [1.165, 1.54) is 6.92 Å². The molecule has 0 aliphatic heterocycles. The van der Waals surface area contributed by atoms with Gasteiger partial charge in [-0.1, -0.05) is 30.3 Å². The summed E-state index contributed by atoms with van der Waals surface area (Å²) in [5.74, 6) is -0.291. The minimum atomic E-state index is -0.291. The highest BCUT2D eigenvalue weighted by atomic mass is 16.6. The van der Waals surface area contributed by atoms with Gasteiger partial charge < -0.3 is 18.9 Å². The van der Waals surface area contributed by atoms with Crippen LogP contribution in [0.5, 0.6) is 0 Å². The summed E-state index contributed by atoms with van der Waals surface area (Å²) in [7, 11) is 0. The second kappa shape index (κ2) is 11.4. The molecule has 0 spiro atoms. The van der Waals surface area contributed by atoms with Crippen LogP contribution in [0.15, 0.2) is 30.3 Å². The van der Waals surface area contributed by atoms with Crippen LogP contribution < -0.4 is 0 Å². The quantitative estimate of drug-likeness (QED) is 0.457. The van der Waals surface area contributed by atoms with E-state index in [0.717, 1.165) is 5.56 Å². The summed E-state index contributed by atoms with van der Waals surface area (Å²) in [6.07, 6.45) is 0. The van der Waals surface area contributed by atoms with E-state index >= 15 is 0 Å². The van der Waals surface area contributed by atoms with E-state index in [4.69, 9.17) is 18.9 Å². The van der Waals surface area contributed by atoms with E-state index in [-0.39, 0.29) is 12.6 Å². The van der Waals surface area contributed by atoms with Crippen molar-refractivity contribution in [1.29, 1.82) is 0 Å². The molecule has 1 aromatic rings. The van der Waals surface area contributed by atoms with Crippen molar-refractivity contribution in [3.8, 4) is 0 Å². The summed E-state index contributed by atoms with van der Waals surface area (Å²) in [6, 6.07) is 10.0. The lowest BCUT2D eigenvalue weighted by Gasteiger charge is -2.07. The Labute approximate surface area is 119 Å².